The molecule has 0 saturated heterocycles. The second-order valence-electron chi connectivity index (χ2n) is 3.47. The molecule has 0 spiro atoms. The monoisotopic (exact) mass is 263 g/mol. The predicted molar refractivity (Wildman–Crippen MR) is 65.1 cm³/mol. The van der Waals surface area contributed by atoms with Crippen molar-refractivity contribution in [2.24, 2.45) is 0 Å². The van der Waals surface area contributed by atoms with Gasteiger partial charge in [-0.3, -0.25) is 9.36 Å². The summed E-state index contributed by atoms with van der Waals surface area (Å²) in [6.45, 7) is 5.37. The molecule has 0 unspecified atom stereocenters. The third kappa shape index (κ3) is 1.75. The van der Waals surface area contributed by atoms with Gasteiger partial charge in [0.15, 0.2) is 0 Å². The summed E-state index contributed by atoms with van der Waals surface area (Å²) in [4.78, 5) is 11.8. The fraction of sp³-hybridized carbons (Fsp3) is 0.0833. The van der Waals surface area contributed by atoms with Crippen molar-refractivity contribution in [2.45, 2.75) is 6.92 Å². The average molecular weight is 264 g/mol. The molecule has 2 nitrogen and oxygen atoms in total. The Morgan fingerprint density at radius 1 is 1.40 bits per heavy atom. The fourth-order valence-corrected chi connectivity index (χ4v) is 1.87. The number of nitrogens with zero attached hydrogens (tertiary/aromatic N) is 1. The van der Waals surface area contributed by atoms with Crippen LogP contribution in [0.4, 0.5) is 0 Å². The van der Waals surface area contributed by atoms with Crippen LogP contribution >= 0.6 is 15.9 Å². The van der Waals surface area contributed by atoms with Crippen molar-refractivity contribution in [3.8, 4) is 0 Å². The first-order chi connectivity index (χ1) is 7.09. The van der Waals surface area contributed by atoms with E-state index in [1.807, 2.05) is 24.3 Å². The maximum atomic E-state index is 11.8. The molecule has 1 heterocycles. The van der Waals surface area contributed by atoms with Gasteiger partial charge in [0.25, 0.3) is 5.91 Å². The van der Waals surface area contributed by atoms with Crippen LogP contribution in [0.25, 0.3) is 10.9 Å². The topological polar surface area (TPSA) is 22.0 Å². The highest BCUT2D eigenvalue weighted by Crippen LogP contribution is 2.21. The van der Waals surface area contributed by atoms with Crippen molar-refractivity contribution < 1.29 is 4.79 Å². The van der Waals surface area contributed by atoms with Crippen molar-refractivity contribution in [2.75, 3.05) is 0 Å². The Labute approximate surface area is 96.3 Å². The van der Waals surface area contributed by atoms with Crippen LogP contribution < -0.4 is 0 Å². The summed E-state index contributed by atoms with van der Waals surface area (Å²) in [7, 11) is 0. The standard InChI is InChI=1S/C12H10BrNO/c1-8(2)12(15)14-6-5-9-7-10(13)3-4-11(9)14/h3-7H,1H2,2H3. The van der Waals surface area contributed by atoms with Gasteiger partial charge in [-0.05, 0) is 31.2 Å². The smallest absolute Gasteiger partial charge is 0.257 e. The molecular weight excluding hydrogens is 254 g/mol. The Balaban J connectivity index is 2.64. The van der Waals surface area contributed by atoms with Crippen LogP contribution in [0.1, 0.15) is 11.7 Å². The van der Waals surface area contributed by atoms with E-state index in [9.17, 15) is 4.79 Å². The molecule has 15 heavy (non-hydrogen) atoms. The third-order valence-electron chi connectivity index (χ3n) is 2.24. The Morgan fingerprint density at radius 2 is 2.13 bits per heavy atom. The number of hydrogen-bond donors (Lipinski definition) is 0. The Hall–Kier alpha value is -1.35. The van der Waals surface area contributed by atoms with E-state index < -0.39 is 0 Å². The lowest BCUT2D eigenvalue weighted by atomic mass is 10.2. The first kappa shape index (κ1) is 10.2. The highest BCUT2D eigenvalue weighted by Gasteiger charge is 2.08. The molecule has 0 aliphatic carbocycles. The zero-order valence-electron chi connectivity index (χ0n) is 8.33. The Morgan fingerprint density at radius 3 is 2.80 bits per heavy atom. The first-order valence-electron chi connectivity index (χ1n) is 4.56. The molecule has 1 aromatic carbocycles. The average Bonchev–Trinajstić information content (AvgIpc) is 2.59. The van der Waals surface area contributed by atoms with E-state index >= 15 is 0 Å². The van der Waals surface area contributed by atoms with Crippen LogP contribution in [0.3, 0.4) is 0 Å². The molecule has 0 saturated carbocycles. The largest absolute Gasteiger partial charge is 0.283 e. The van der Waals surface area contributed by atoms with E-state index in [2.05, 4.69) is 22.5 Å². The molecule has 0 aliphatic rings. The predicted octanol–water partition coefficient (Wildman–Crippen LogP) is 3.62. The van der Waals surface area contributed by atoms with Gasteiger partial charge in [-0.2, -0.15) is 0 Å². The minimum Gasteiger partial charge on any atom is -0.283 e. The highest BCUT2D eigenvalue weighted by molar-refractivity contribution is 9.10. The molecule has 2 rings (SSSR count). The van der Waals surface area contributed by atoms with Crippen LogP contribution in [-0.4, -0.2) is 10.5 Å². The van der Waals surface area contributed by atoms with E-state index in [0.29, 0.717) is 5.57 Å². The molecule has 0 aliphatic heterocycles. The van der Waals surface area contributed by atoms with Crippen molar-refractivity contribution >= 4 is 32.7 Å². The summed E-state index contributed by atoms with van der Waals surface area (Å²) in [5.74, 6) is -0.0627. The van der Waals surface area contributed by atoms with Crippen LogP contribution in [-0.2, 0) is 0 Å². The normalized spacial score (nSPS) is 10.5. The molecule has 0 amide bonds. The van der Waals surface area contributed by atoms with Crippen LogP contribution in [0, 0.1) is 0 Å². The van der Waals surface area contributed by atoms with E-state index in [1.165, 1.54) is 0 Å². The van der Waals surface area contributed by atoms with Gasteiger partial charge in [0.05, 0.1) is 5.52 Å². The number of rotatable bonds is 1. The summed E-state index contributed by atoms with van der Waals surface area (Å²) >= 11 is 3.40. The van der Waals surface area contributed by atoms with E-state index in [-0.39, 0.29) is 5.91 Å². The first-order valence-corrected chi connectivity index (χ1v) is 5.36. The number of halogens is 1. The quantitative estimate of drug-likeness (QED) is 0.721. The second kappa shape index (κ2) is 3.66. The van der Waals surface area contributed by atoms with E-state index in [4.69, 9.17) is 0 Å². The highest BCUT2D eigenvalue weighted by atomic mass is 79.9. The Kier molecular flexibility index (Phi) is 2.49. The molecule has 2 aromatic rings. The van der Waals surface area contributed by atoms with Crippen molar-refractivity contribution in [1.29, 1.82) is 0 Å². The Bertz CT molecular complexity index is 554. The second-order valence-corrected chi connectivity index (χ2v) is 4.39. The summed E-state index contributed by atoms with van der Waals surface area (Å²) in [5, 5.41) is 1.04. The molecule has 0 fully saturated rings. The summed E-state index contributed by atoms with van der Waals surface area (Å²) in [5.41, 5.74) is 1.45. The zero-order chi connectivity index (χ0) is 11.0. The summed E-state index contributed by atoms with van der Waals surface area (Å²) in [6.07, 6.45) is 1.77. The van der Waals surface area contributed by atoms with Gasteiger partial charge >= 0.3 is 0 Å². The number of carbonyl (C=O) groups is 1. The molecule has 0 atom stereocenters. The van der Waals surface area contributed by atoms with Gasteiger partial charge in [0.1, 0.15) is 0 Å². The van der Waals surface area contributed by atoms with Gasteiger partial charge < -0.3 is 0 Å². The fourth-order valence-electron chi connectivity index (χ4n) is 1.50. The van der Waals surface area contributed by atoms with Crippen LogP contribution in [0.2, 0.25) is 0 Å². The van der Waals surface area contributed by atoms with E-state index in [1.54, 1.807) is 17.7 Å². The summed E-state index contributed by atoms with van der Waals surface area (Å²) in [6, 6.07) is 7.74. The molecule has 0 bridgehead atoms. The number of carbonyl (C=O) groups excluding carboxylic acids is 1. The lowest BCUT2D eigenvalue weighted by Gasteiger charge is -2.02. The number of hydrogen-bond acceptors (Lipinski definition) is 1. The molecule has 1 aromatic heterocycles. The minimum absolute atomic E-state index is 0.0627. The van der Waals surface area contributed by atoms with Gasteiger partial charge in [0, 0.05) is 21.6 Å². The molecule has 0 radical (unpaired) electrons. The van der Waals surface area contributed by atoms with Gasteiger partial charge in [-0.15, -0.1) is 0 Å². The SMILES string of the molecule is C=C(C)C(=O)n1ccc2cc(Br)ccc21. The van der Waals surface area contributed by atoms with Gasteiger partial charge in [0.2, 0.25) is 0 Å². The van der Waals surface area contributed by atoms with Gasteiger partial charge in [-0.1, -0.05) is 22.5 Å². The van der Waals surface area contributed by atoms with E-state index in [0.717, 1.165) is 15.4 Å². The molecule has 3 heteroatoms. The molecule has 76 valence electrons. The zero-order valence-corrected chi connectivity index (χ0v) is 9.91. The van der Waals surface area contributed by atoms with Crippen LogP contribution in [0.5, 0.6) is 0 Å². The minimum atomic E-state index is -0.0627. The number of benzene rings is 1. The van der Waals surface area contributed by atoms with Crippen LogP contribution in [0.15, 0.2) is 47.1 Å². The maximum absolute atomic E-state index is 11.8. The maximum Gasteiger partial charge on any atom is 0.257 e. The number of allylic oxidation sites excluding steroid dienone is 1. The van der Waals surface area contributed by atoms with Crippen molar-refractivity contribution in [1.82, 2.24) is 4.57 Å². The number of aromatic nitrogens is 1. The molecular formula is C12H10BrNO. The third-order valence-corrected chi connectivity index (χ3v) is 2.73. The molecule has 0 N–H and O–H groups in total. The lowest BCUT2D eigenvalue weighted by molar-refractivity contribution is 0.0960. The van der Waals surface area contributed by atoms with Crippen molar-refractivity contribution in [3.63, 3.8) is 0 Å². The number of fused-ring (bicyclic) bond motifs is 1. The summed E-state index contributed by atoms with van der Waals surface area (Å²) < 4.78 is 2.62. The van der Waals surface area contributed by atoms with Crippen molar-refractivity contribution in [3.05, 3.63) is 47.1 Å². The van der Waals surface area contributed by atoms with Gasteiger partial charge in [-0.25, -0.2) is 0 Å². The lowest BCUT2D eigenvalue weighted by Crippen LogP contribution is -2.09.